The quantitative estimate of drug-likeness (QED) is 0.457. The number of fused-ring (bicyclic) bond motifs is 1. The maximum absolute atomic E-state index is 11.2. The fourth-order valence-corrected chi connectivity index (χ4v) is 3.74. The van der Waals surface area contributed by atoms with Crippen molar-refractivity contribution in [3.05, 3.63) is 53.7 Å². The lowest BCUT2D eigenvalue weighted by atomic mass is 10.0. The molecule has 4 aromatic rings. The maximum atomic E-state index is 11.2. The Morgan fingerprint density at radius 2 is 1.97 bits per heavy atom. The third-order valence-corrected chi connectivity index (χ3v) is 5.74. The number of benzene rings is 2. The van der Waals surface area contributed by atoms with E-state index < -0.39 is 12.0 Å². The van der Waals surface area contributed by atoms with E-state index in [9.17, 15) is 9.90 Å². The predicted molar refractivity (Wildman–Crippen MR) is 122 cm³/mol. The Morgan fingerprint density at radius 1 is 1.19 bits per heavy atom. The van der Waals surface area contributed by atoms with Crippen LogP contribution < -0.4 is 0 Å². The summed E-state index contributed by atoms with van der Waals surface area (Å²) >= 11 is 0. The van der Waals surface area contributed by atoms with Crippen molar-refractivity contribution in [1.82, 2.24) is 24.8 Å². The number of aryl methyl sites for hydroxylation is 1. The van der Waals surface area contributed by atoms with Crippen molar-refractivity contribution >= 4 is 16.9 Å². The summed E-state index contributed by atoms with van der Waals surface area (Å²) in [6.07, 6.45) is 1.85. The summed E-state index contributed by atoms with van der Waals surface area (Å²) in [5, 5.41) is 18.9. The van der Waals surface area contributed by atoms with E-state index in [0.29, 0.717) is 18.3 Å². The number of carbonyl (C=O) groups is 1. The molecule has 1 unspecified atom stereocenters. The summed E-state index contributed by atoms with van der Waals surface area (Å²) in [6.45, 7) is 8.40. The van der Waals surface area contributed by atoms with E-state index in [4.69, 9.17) is 4.52 Å². The van der Waals surface area contributed by atoms with Crippen molar-refractivity contribution in [2.45, 2.75) is 46.3 Å². The zero-order chi connectivity index (χ0) is 23.0. The molecule has 0 bridgehead atoms. The van der Waals surface area contributed by atoms with Gasteiger partial charge in [0.25, 0.3) is 5.89 Å². The molecular formula is C24H27N5O3. The van der Waals surface area contributed by atoms with Crippen molar-refractivity contribution in [3.63, 3.8) is 0 Å². The zero-order valence-electron chi connectivity index (χ0n) is 18.9. The molecule has 2 aromatic carbocycles. The van der Waals surface area contributed by atoms with Crippen LogP contribution in [0.3, 0.4) is 0 Å². The molecule has 166 valence electrons. The van der Waals surface area contributed by atoms with Gasteiger partial charge in [-0.2, -0.15) is 10.1 Å². The minimum absolute atomic E-state index is 0.284. The van der Waals surface area contributed by atoms with Gasteiger partial charge in [0.2, 0.25) is 5.82 Å². The number of carboxylic acids is 1. The van der Waals surface area contributed by atoms with Crippen LogP contribution in [0.15, 0.2) is 47.1 Å². The molecule has 1 atom stereocenters. The number of hydrogen-bond donors (Lipinski definition) is 1. The summed E-state index contributed by atoms with van der Waals surface area (Å²) in [6, 6.07) is 11.7. The third-order valence-electron chi connectivity index (χ3n) is 5.74. The minimum atomic E-state index is -0.838. The molecular weight excluding hydrogens is 406 g/mol. The summed E-state index contributed by atoms with van der Waals surface area (Å²) in [4.78, 5) is 17.6. The Labute approximate surface area is 186 Å². The van der Waals surface area contributed by atoms with Crippen molar-refractivity contribution in [3.8, 4) is 22.8 Å². The molecule has 0 spiro atoms. The van der Waals surface area contributed by atoms with Gasteiger partial charge in [0.15, 0.2) is 0 Å². The van der Waals surface area contributed by atoms with Crippen LogP contribution in [0.25, 0.3) is 33.7 Å². The van der Waals surface area contributed by atoms with Gasteiger partial charge in [0, 0.05) is 29.1 Å². The highest BCUT2D eigenvalue weighted by Gasteiger charge is 2.18. The van der Waals surface area contributed by atoms with Crippen LogP contribution in [0.5, 0.6) is 0 Å². The van der Waals surface area contributed by atoms with Crippen LogP contribution >= 0.6 is 0 Å². The molecule has 2 heterocycles. The van der Waals surface area contributed by atoms with E-state index in [1.165, 1.54) is 0 Å². The van der Waals surface area contributed by atoms with Crippen LogP contribution in [0.4, 0.5) is 0 Å². The molecule has 4 rings (SSSR count). The van der Waals surface area contributed by atoms with Crippen molar-refractivity contribution in [2.75, 3.05) is 7.05 Å². The second kappa shape index (κ2) is 8.55. The van der Waals surface area contributed by atoms with Gasteiger partial charge in [-0.3, -0.25) is 14.4 Å². The number of likely N-dealkylation sites (N-methyl/N-ethyl adjacent to an activating group) is 1. The first-order valence-electron chi connectivity index (χ1n) is 10.6. The fraction of sp³-hybridized carbons (Fsp3) is 0.333. The van der Waals surface area contributed by atoms with E-state index in [2.05, 4.69) is 29.1 Å². The smallest absolute Gasteiger partial charge is 0.320 e. The first-order chi connectivity index (χ1) is 15.2. The van der Waals surface area contributed by atoms with Crippen LogP contribution in [0, 0.1) is 6.92 Å². The summed E-state index contributed by atoms with van der Waals surface area (Å²) in [5.74, 6) is 0.141. The lowest BCUT2D eigenvalue weighted by molar-refractivity contribution is -0.142. The highest BCUT2D eigenvalue weighted by atomic mass is 16.5. The Balaban J connectivity index is 1.57. The van der Waals surface area contributed by atoms with Crippen molar-refractivity contribution < 1.29 is 14.4 Å². The van der Waals surface area contributed by atoms with Gasteiger partial charge in [-0.1, -0.05) is 23.4 Å². The molecule has 2 aromatic heterocycles. The molecule has 32 heavy (non-hydrogen) atoms. The molecule has 0 amide bonds. The van der Waals surface area contributed by atoms with Crippen LogP contribution in [-0.2, 0) is 11.3 Å². The van der Waals surface area contributed by atoms with Crippen LogP contribution in [0.1, 0.15) is 37.9 Å². The lowest BCUT2D eigenvalue weighted by Crippen LogP contribution is -2.35. The van der Waals surface area contributed by atoms with Gasteiger partial charge in [0.1, 0.15) is 6.04 Å². The number of carboxylic acid groups (broad SMARTS) is 1. The molecule has 0 fully saturated rings. The van der Waals surface area contributed by atoms with Gasteiger partial charge in [-0.05, 0) is 64.1 Å². The van der Waals surface area contributed by atoms with Crippen LogP contribution in [-0.4, -0.2) is 49.0 Å². The normalized spacial score (nSPS) is 12.7. The zero-order valence-corrected chi connectivity index (χ0v) is 18.9. The molecule has 0 aliphatic heterocycles. The molecule has 0 saturated carbocycles. The first-order valence-corrected chi connectivity index (χ1v) is 10.6. The number of hydrogen-bond acceptors (Lipinski definition) is 6. The predicted octanol–water partition coefficient (Wildman–Crippen LogP) is 4.55. The first kappa shape index (κ1) is 21.7. The minimum Gasteiger partial charge on any atom is -0.480 e. The Kier molecular flexibility index (Phi) is 5.80. The molecule has 0 aliphatic rings. The number of nitrogens with zero attached hydrogens (tertiary/aromatic N) is 5. The molecule has 8 heteroatoms. The molecule has 0 aliphatic carbocycles. The van der Waals surface area contributed by atoms with E-state index >= 15 is 0 Å². The van der Waals surface area contributed by atoms with E-state index in [1.54, 1.807) is 18.9 Å². The molecule has 0 saturated heterocycles. The summed E-state index contributed by atoms with van der Waals surface area (Å²) in [7, 11) is 1.80. The van der Waals surface area contributed by atoms with Crippen LogP contribution in [0.2, 0.25) is 0 Å². The van der Waals surface area contributed by atoms with Crippen molar-refractivity contribution in [2.24, 2.45) is 0 Å². The number of aliphatic carboxylic acids is 1. The van der Waals surface area contributed by atoms with E-state index in [1.807, 2.05) is 54.2 Å². The lowest BCUT2D eigenvalue weighted by Gasteiger charge is -2.21. The van der Waals surface area contributed by atoms with Gasteiger partial charge in [-0.25, -0.2) is 0 Å². The largest absolute Gasteiger partial charge is 0.480 e. The molecule has 0 radical (unpaired) electrons. The number of aromatic nitrogens is 4. The molecule has 1 N–H and O–H groups in total. The highest BCUT2D eigenvalue weighted by molar-refractivity contribution is 5.83. The summed E-state index contributed by atoms with van der Waals surface area (Å²) in [5.41, 5.74) is 4.82. The van der Waals surface area contributed by atoms with Gasteiger partial charge in [0.05, 0.1) is 11.7 Å². The average Bonchev–Trinajstić information content (AvgIpc) is 3.40. The van der Waals surface area contributed by atoms with E-state index in [-0.39, 0.29) is 6.04 Å². The Bertz CT molecular complexity index is 1270. The Hall–Kier alpha value is -3.52. The number of rotatable bonds is 7. The monoisotopic (exact) mass is 433 g/mol. The SMILES string of the molecule is Cc1cc(CN(C)C(C)C(=O)O)ccc1-c1noc(-c2ccc3c(cnn3C(C)C)c2)n1. The maximum Gasteiger partial charge on any atom is 0.320 e. The molecule has 8 nitrogen and oxygen atoms in total. The highest BCUT2D eigenvalue weighted by Crippen LogP contribution is 2.28. The van der Waals surface area contributed by atoms with Gasteiger partial charge in [-0.15, -0.1) is 0 Å². The fourth-order valence-electron chi connectivity index (χ4n) is 3.74. The average molecular weight is 434 g/mol. The van der Waals surface area contributed by atoms with Crippen molar-refractivity contribution in [1.29, 1.82) is 0 Å². The standard InChI is InChI=1S/C24H27N5O3/c1-14(2)29-21-9-7-18(11-19(21)12-25-29)23-26-22(27-32-23)20-8-6-17(10-15(20)3)13-28(5)16(4)24(30)31/h6-12,14,16H,13H2,1-5H3,(H,30,31). The third kappa shape index (κ3) is 4.13. The van der Waals surface area contributed by atoms with Gasteiger partial charge < -0.3 is 9.63 Å². The Morgan fingerprint density at radius 3 is 2.66 bits per heavy atom. The van der Waals surface area contributed by atoms with E-state index in [0.717, 1.165) is 33.2 Å². The second-order valence-electron chi connectivity index (χ2n) is 8.46. The summed E-state index contributed by atoms with van der Waals surface area (Å²) < 4.78 is 7.54. The second-order valence-corrected chi connectivity index (χ2v) is 8.46. The topological polar surface area (TPSA) is 97.3 Å². The van der Waals surface area contributed by atoms with Gasteiger partial charge >= 0.3 is 5.97 Å².